The van der Waals surface area contributed by atoms with Gasteiger partial charge in [-0.15, -0.1) is 0 Å². The van der Waals surface area contributed by atoms with E-state index < -0.39 is 11.7 Å². The zero-order valence-corrected chi connectivity index (χ0v) is 8.97. The van der Waals surface area contributed by atoms with Crippen LogP contribution in [0, 0.1) is 6.92 Å². The van der Waals surface area contributed by atoms with Gasteiger partial charge in [-0.05, 0) is 25.1 Å². The van der Waals surface area contributed by atoms with Crippen molar-refractivity contribution in [1.29, 1.82) is 0 Å². The molecule has 0 atom stereocenters. The lowest BCUT2D eigenvalue weighted by Crippen LogP contribution is -2.06. The summed E-state index contributed by atoms with van der Waals surface area (Å²) >= 11 is 0. The zero-order chi connectivity index (χ0) is 12.6. The van der Waals surface area contributed by atoms with Gasteiger partial charge in [0.1, 0.15) is 5.82 Å². The Kier molecular flexibility index (Phi) is 2.57. The summed E-state index contributed by atoms with van der Waals surface area (Å²) in [5, 5.41) is 0. The lowest BCUT2D eigenvalue weighted by molar-refractivity contribution is -0.137. The highest BCUT2D eigenvalue weighted by atomic mass is 19.4. The molecule has 0 bridgehead atoms. The van der Waals surface area contributed by atoms with Gasteiger partial charge in [0.2, 0.25) is 0 Å². The molecule has 0 saturated carbocycles. The fraction of sp³-hybridized carbons (Fsp3) is 0.182. The Morgan fingerprint density at radius 3 is 2.47 bits per heavy atom. The molecule has 90 valence electrons. The molecular weight excluding hydrogens is 231 g/mol. The molecule has 0 spiro atoms. The monoisotopic (exact) mass is 241 g/mol. The molecule has 0 saturated heterocycles. The van der Waals surface area contributed by atoms with Crippen LogP contribution in [0.5, 0.6) is 0 Å². The first-order valence-corrected chi connectivity index (χ1v) is 4.86. The molecular formula is C11H10F3N3. The normalized spacial score (nSPS) is 11.8. The lowest BCUT2D eigenvalue weighted by Gasteiger charge is -2.09. The van der Waals surface area contributed by atoms with E-state index in [0.29, 0.717) is 11.4 Å². The predicted octanol–water partition coefficient (Wildman–Crippen LogP) is 2.99. The van der Waals surface area contributed by atoms with Gasteiger partial charge in [0.05, 0.1) is 5.56 Å². The smallest absolute Gasteiger partial charge is 0.399 e. The SMILES string of the molecule is Cc1cnc(-c2cc(N)cc(C(F)(F)F)c2)[nH]1. The highest BCUT2D eigenvalue weighted by Gasteiger charge is 2.31. The van der Waals surface area contributed by atoms with Crippen LogP contribution in [0.25, 0.3) is 11.4 Å². The quantitative estimate of drug-likeness (QED) is 0.754. The van der Waals surface area contributed by atoms with Gasteiger partial charge in [-0.2, -0.15) is 13.2 Å². The lowest BCUT2D eigenvalue weighted by atomic mass is 10.1. The molecule has 1 heterocycles. The summed E-state index contributed by atoms with van der Waals surface area (Å²) in [4.78, 5) is 6.84. The van der Waals surface area contributed by atoms with Crippen LogP contribution in [-0.4, -0.2) is 9.97 Å². The third-order valence-corrected chi connectivity index (χ3v) is 2.26. The highest BCUT2D eigenvalue weighted by Crippen LogP contribution is 2.33. The van der Waals surface area contributed by atoms with Crippen molar-refractivity contribution in [3.8, 4) is 11.4 Å². The maximum Gasteiger partial charge on any atom is 0.416 e. The number of nitrogens with two attached hydrogens (primary N) is 1. The number of aromatic amines is 1. The molecule has 0 fully saturated rings. The number of aromatic nitrogens is 2. The van der Waals surface area contributed by atoms with E-state index in [0.717, 1.165) is 17.8 Å². The summed E-state index contributed by atoms with van der Waals surface area (Å²) in [6.45, 7) is 1.77. The van der Waals surface area contributed by atoms with Crippen molar-refractivity contribution < 1.29 is 13.2 Å². The summed E-state index contributed by atoms with van der Waals surface area (Å²) in [7, 11) is 0. The van der Waals surface area contributed by atoms with E-state index in [-0.39, 0.29) is 5.69 Å². The third-order valence-electron chi connectivity index (χ3n) is 2.26. The van der Waals surface area contributed by atoms with Gasteiger partial charge in [-0.25, -0.2) is 4.98 Å². The molecule has 0 aliphatic rings. The van der Waals surface area contributed by atoms with Crippen LogP contribution in [0.2, 0.25) is 0 Å². The molecule has 0 radical (unpaired) electrons. The van der Waals surface area contributed by atoms with Gasteiger partial charge in [-0.1, -0.05) is 0 Å². The Balaban J connectivity index is 2.52. The molecule has 2 rings (SSSR count). The zero-order valence-electron chi connectivity index (χ0n) is 8.97. The number of hydrogen-bond donors (Lipinski definition) is 2. The van der Waals surface area contributed by atoms with E-state index in [4.69, 9.17) is 5.73 Å². The second-order valence-electron chi connectivity index (χ2n) is 3.76. The van der Waals surface area contributed by atoms with E-state index in [1.165, 1.54) is 6.07 Å². The predicted molar refractivity (Wildman–Crippen MR) is 58.2 cm³/mol. The highest BCUT2D eigenvalue weighted by molar-refractivity contribution is 5.63. The molecule has 1 aromatic carbocycles. The maximum absolute atomic E-state index is 12.6. The number of halogens is 3. The second kappa shape index (κ2) is 3.80. The fourth-order valence-electron chi connectivity index (χ4n) is 1.51. The molecule has 17 heavy (non-hydrogen) atoms. The van der Waals surface area contributed by atoms with E-state index >= 15 is 0 Å². The van der Waals surface area contributed by atoms with Crippen molar-refractivity contribution in [3.63, 3.8) is 0 Å². The summed E-state index contributed by atoms with van der Waals surface area (Å²) in [6, 6.07) is 3.38. The Morgan fingerprint density at radius 2 is 1.94 bits per heavy atom. The van der Waals surface area contributed by atoms with Crippen molar-refractivity contribution in [2.24, 2.45) is 0 Å². The average Bonchev–Trinajstić information content (AvgIpc) is 2.62. The van der Waals surface area contributed by atoms with Crippen molar-refractivity contribution in [2.75, 3.05) is 5.73 Å². The Morgan fingerprint density at radius 1 is 1.24 bits per heavy atom. The molecule has 0 amide bonds. The number of rotatable bonds is 1. The van der Waals surface area contributed by atoms with E-state index in [1.807, 2.05) is 0 Å². The Bertz CT molecular complexity index is 543. The summed E-state index contributed by atoms with van der Waals surface area (Å²) in [5.74, 6) is 0.375. The Hall–Kier alpha value is -1.98. The first kappa shape index (κ1) is 11.5. The fourth-order valence-corrected chi connectivity index (χ4v) is 1.51. The van der Waals surface area contributed by atoms with Crippen LogP contribution in [0.1, 0.15) is 11.3 Å². The molecule has 6 heteroatoms. The van der Waals surface area contributed by atoms with Crippen LogP contribution in [0.4, 0.5) is 18.9 Å². The minimum Gasteiger partial charge on any atom is -0.399 e. The first-order chi connectivity index (χ1) is 7.86. The molecule has 3 nitrogen and oxygen atoms in total. The van der Waals surface area contributed by atoms with Crippen molar-refractivity contribution in [1.82, 2.24) is 9.97 Å². The summed E-state index contributed by atoms with van der Waals surface area (Å²) in [6.07, 6.45) is -2.86. The number of anilines is 1. The number of nitrogen functional groups attached to an aromatic ring is 1. The molecule has 2 aromatic rings. The van der Waals surface area contributed by atoms with Crippen LogP contribution in [-0.2, 0) is 6.18 Å². The van der Waals surface area contributed by atoms with E-state index in [2.05, 4.69) is 9.97 Å². The van der Waals surface area contributed by atoms with Crippen molar-refractivity contribution in [2.45, 2.75) is 13.1 Å². The van der Waals surface area contributed by atoms with Gasteiger partial charge in [-0.3, -0.25) is 0 Å². The Labute approximate surface area is 95.5 Å². The van der Waals surface area contributed by atoms with Crippen LogP contribution in [0.3, 0.4) is 0 Å². The van der Waals surface area contributed by atoms with Crippen LogP contribution >= 0.6 is 0 Å². The van der Waals surface area contributed by atoms with Crippen molar-refractivity contribution in [3.05, 3.63) is 35.7 Å². The van der Waals surface area contributed by atoms with Crippen LogP contribution < -0.4 is 5.73 Å². The topological polar surface area (TPSA) is 54.7 Å². The molecule has 1 aromatic heterocycles. The maximum atomic E-state index is 12.6. The van der Waals surface area contributed by atoms with Gasteiger partial charge < -0.3 is 10.7 Å². The van der Waals surface area contributed by atoms with Gasteiger partial charge in [0.15, 0.2) is 0 Å². The van der Waals surface area contributed by atoms with Gasteiger partial charge >= 0.3 is 6.18 Å². The number of aryl methyl sites for hydroxylation is 1. The number of nitrogens with zero attached hydrogens (tertiary/aromatic N) is 1. The summed E-state index contributed by atoms with van der Waals surface area (Å²) < 4.78 is 37.7. The summed E-state index contributed by atoms with van der Waals surface area (Å²) in [5.41, 5.74) is 5.84. The molecule has 3 N–H and O–H groups in total. The van der Waals surface area contributed by atoms with E-state index in [1.54, 1.807) is 13.1 Å². The molecule has 0 aliphatic heterocycles. The van der Waals surface area contributed by atoms with Gasteiger partial charge in [0, 0.05) is 23.1 Å². The van der Waals surface area contributed by atoms with Crippen molar-refractivity contribution >= 4 is 5.69 Å². The number of alkyl halides is 3. The standard InChI is InChI=1S/C11H10F3N3/c1-6-5-16-10(17-6)7-2-8(11(12,13)14)4-9(15)3-7/h2-5H,15H2,1H3,(H,16,17). The van der Waals surface area contributed by atoms with E-state index in [9.17, 15) is 13.2 Å². The first-order valence-electron chi connectivity index (χ1n) is 4.86. The largest absolute Gasteiger partial charge is 0.416 e. The van der Waals surface area contributed by atoms with Crippen LogP contribution in [0.15, 0.2) is 24.4 Å². The minimum absolute atomic E-state index is 0.0591. The molecule has 0 unspecified atom stereocenters. The third kappa shape index (κ3) is 2.41. The minimum atomic E-state index is -4.41. The number of hydrogen-bond acceptors (Lipinski definition) is 2. The number of imidazole rings is 1. The molecule has 0 aliphatic carbocycles. The number of H-pyrrole nitrogens is 1. The number of nitrogens with one attached hydrogen (secondary N) is 1. The second-order valence-corrected chi connectivity index (χ2v) is 3.76. The average molecular weight is 241 g/mol. The number of benzene rings is 1. The van der Waals surface area contributed by atoms with Gasteiger partial charge in [0.25, 0.3) is 0 Å².